The summed E-state index contributed by atoms with van der Waals surface area (Å²) in [4.78, 5) is 25.8. The first-order valence-electron chi connectivity index (χ1n) is 11.2. The van der Waals surface area contributed by atoms with E-state index in [0.29, 0.717) is 38.7 Å². The number of carbonyl (C=O) groups is 2. The van der Waals surface area contributed by atoms with Gasteiger partial charge < -0.3 is 15.2 Å². The number of ether oxygens (including phenoxy) is 1. The van der Waals surface area contributed by atoms with Gasteiger partial charge >= 0.3 is 0 Å². The van der Waals surface area contributed by atoms with E-state index in [1.807, 2.05) is 30.3 Å². The van der Waals surface area contributed by atoms with Crippen molar-refractivity contribution in [2.75, 3.05) is 18.5 Å². The van der Waals surface area contributed by atoms with Crippen LogP contribution in [0.1, 0.15) is 31.8 Å². The first-order valence-corrected chi connectivity index (χ1v) is 11.5. The number of aliphatic hydroxyl groups excluding tert-OH is 1. The number of para-hydroxylation sites is 1. The average Bonchev–Trinajstić information content (AvgIpc) is 2.91. The summed E-state index contributed by atoms with van der Waals surface area (Å²) in [6.07, 6.45) is -0.898. The second-order valence-electron chi connectivity index (χ2n) is 7.92. The van der Waals surface area contributed by atoms with Gasteiger partial charge in [-0.3, -0.25) is 9.59 Å². The van der Waals surface area contributed by atoms with Crippen LogP contribution in [-0.2, 0) is 0 Å². The third kappa shape index (κ3) is 6.15. The van der Waals surface area contributed by atoms with Crippen molar-refractivity contribution < 1.29 is 19.4 Å². The molecule has 0 fully saturated rings. The number of carbonyl (C=O) groups excluding carboxylic acids is 2. The first kappa shape index (κ1) is 24.2. The van der Waals surface area contributed by atoms with Crippen molar-refractivity contribution in [2.45, 2.75) is 6.10 Å². The number of anilines is 1. The monoisotopic (exact) mass is 485 g/mol. The Morgan fingerprint density at radius 2 is 1.34 bits per heavy atom. The Morgan fingerprint density at radius 3 is 2.00 bits per heavy atom. The van der Waals surface area contributed by atoms with Gasteiger partial charge in [0.25, 0.3) is 0 Å². The topological polar surface area (TPSA) is 75.6 Å². The molecule has 0 saturated heterocycles. The zero-order valence-electron chi connectivity index (χ0n) is 18.9. The SMILES string of the molecule is O=C(c1ccccc1)c1ccccc1NCC(O)COc1ccc(Cl)cc1C(=O)c1ccccc1. The van der Waals surface area contributed by atoms with E-state index in [9.17, 15) is 14.7 Å². The quantitative estimate of drug-likeness (QED) is 0.284. The summed E-state index contributed by atoms with van der Waals surface area (Å²) in [5, 5.41) is 14.1. The summed E-state index contributed by atoms with van der Waals surface area (Å²) >= 11 is 6.12. The molecule has 4 rings (SSSR count). The van der Waals surface area contributed by atoms with Crippen molar-refractivity contribution in [3.63, 3.8) is 0 Å². The minimum absolute atomic E-state index is 0.0570. The van der Waals surface area contributed by atoms with E-state index >= 15 is 0 Å². The molecule has 0 aromatic heterocycles. The van der Waals surface area contributed by atoms with Crippen LogP contribution in [0.3, 0.4) is 0 Å². The van der Waals surface area contributed by atoms with Gasteiger partial charge in [-0.25, -0.2) is 0 Å². The van der Waals surface area contributed by atoms with Crippen LogP contribution < -0.4 is 10.1 Å². The number of ketones is 2. The fraction of sp³-hybridized carbons (Fsp3) is 0.103. The lowest BCUT2D eigenvalue weighted by molar-refractivity contribution is 0.101. The molecule has 176 valence electrons. The van der Waals surface area contributed by atoms with Crippen LogP contribution in [0.25, 0.3) is 0 Å². The predicted molar refractivity (Wildman–Crippen MR) is 138 cm³/mol. The smallest absolute Gasteiger partial charge is 0.196 e. The van der Waals surface area contributed by atoms with E-state index in [1.54, 1.807) is 72.8 Å². The summed E-state index contributed by atoms with van der Waals surface area (Å²) < 4.78 is 5.80. The number of hydrogen-bond donors (Lipinski definition) is 2. The highest BCUT2D eigenvalue weighted by molar-refractivity contribution is 6.31. The van der Waals surface area contributed by atoms with Gasteiger partial charge in [0.05, 0.1) is 5.56 Å². The van der Waals surface area contributed by atoms with Crippen molar-refractivity contribution in [3.8, 4) is 5.75 Å². The lowest BCUT2D eigenvalue weighted by Crippen LogP contribution is -2.27. The molecule has 0 heterocycles. The van der Waals surface area contributed by atoms with E-state index in [2.05, 4.69) is 5.32 Å². The highest BCUT2D eigenvalue weighted by Crippen LogP contribution is 2.26. The maximum absolute atomic E-state index is 12.9. The van der Waals surface area contributed by atoms with Crippen LogP contribution in [0.15, 0.2) is 103 Å². The van der Waals surface area contributed by atoms with E-state index in [0.717, 1.165) is 0 Å². The molecule has 4 aromatic rings. The molecule has 0 spiro atoms. The second-order valence-corrected chi connectivity index (χ2v) is 8.36. The van der Waals surface area contributed by atoms with Crippen molar-refractivity contribution >= 4 is 28.9 Å². The Hall–Kier alpha value is -3.93. The van der Waals surface area contributed by atoms with Gasteiger partial charge in [-0.15, -0.1) is 0 Å². The largest absolute Gasteiger partial charge is 0.490 e. The predicted octanol–water partition coefficient (Wildman–Crippen LogP) is 5.65. The number of nitrogens with one attached hydrogen (secondary N) is 1. The molecule has 0 radical (unpaired) electrons. The summed E-state index contributed by atoms with van der Waals surface area (Å²) in [6, 6.07) is 29.8. The lowest BCUT2D eigenvalue weighted by atomic mass is 10.0. The molecule has 0 amide bonds. The number of rotatable bonds is 10. The summed E-state index contributed by atoms with van der Waals surface area (Å²) in [6.45, 7) is 0.0904. The number of halogens is 1. The van der Waals surface area contributed by atoms with Gasteiger partial charge in [-0.05, 0) is 30.3 Å². The third-order valence-electron chi connectivity index (χ3n) is 5.39. The standard InChI is InChI=1S/C29H24ClNO4/c30-22-15-16-27(25(17-22)29(34)21-11-5-2-6-12-21)35-19-23(32)18-31-26-14-8-7-13-24(26)28(33)20-9-3-1-4-10-20/h1-17,23,31-32H,18-19H2. The maximum atomic E-state index is 12.9. The van der Waals surface area contributed by atoms with E-state index < -0.39 is 6.10 Å². The summed E-state index contributed by atoms with van der Waals surface area (Å²) in [7, 11) is 0. The zero-order chi connectivity index (χ0) is 24.6. The molecule has 1 unspecified atom stereocenters. The molecule has 6 heteroatoms. The number of benzene rings is 4. The minimum atomic E-state index is -0.898. The van der Waals surface area contributed by atoms with Crippen molar-refractivity contribution in [2.24, 2.45) is 0 Å². The van der Waals surface area contributed by atoms with Crippen LogP contribution in [0, 0.1) is 0 Å². The summed E-state index contributed by atoms with van der Waals surface area (Å²) in [5.41, 5.74) is 2.56. The van der Waals surface area contributed by atoms with Gasteiger partial charge in [-0.1, -0.05) is 84.4 Å². The zero-order valence-corrected chi connectivity index (χ0v) is 19.6. The molecule has 35 heavy (non-hydrogen) atoms. The minimum Gasteiger partial charge on any atom is -0.490 e. The molecule has 0 aliphatic rings. The van der Waals surface area contributed by atoms with Gasteiger partial charge in [0.2, 0.25) is 0 Å². The Morgan fingerprint density at radius 1 is 0.771 bits per heavy atom. The van der Waals surface area contributed by atoms with Crippen LogP contribution in [0.2, 0.25) is 5.02 Å². The Kier molecular flexibility index (Phi) is 7.93. The normalized spacial score (nSPS) is 11.5. The van der Waals surface area contributed by atoms with E-state index in [1.165, 1.54) is 0 Å². The highest BCUT2D eigenvalue weighted by Gasteiger charge is 2.17. The molecule has 2 N–H and O–H groups in total. The number of hydrogen-bond acceptors (Lipinski definition) is 5. The summed E-state index contributed by atoms with van der Waals surface area (Å²) in [5.74, 6) is 0.00990. The highest BCUT2D eigenvalue weighted by atomic mass is 35.5. The van der Waals surface area contributed by atoms with Crippen LogP contribution in [0.5, 0.6) is 5.75 Å². The molecule has 5 nitrogen and oxygen atoms in total. The van der Waals surface area contributed by atoms with Crippen LogP contribution in [0.4, 0.5) is 5.69 Å². The molecular formula is C29H24ClNO4. The van der Waals surface area contributed by atoms with Crippen molar-refractivity contribution in [3.05, 3.63) is 130 Å². The molecule has 4 aromatic carbocycles. The van der Waals surface area contributed by atoms with Crippen molar-refractivity contribution in [1.29, 1.82) is 0 Å². The Bertz CT molecular complexity index is 1310. The van der Waals surface area contributed by atoms with Crippen LogP contribution >= 0.6 is 11.6 Å². The molecule has 1 atom stereocenters. The molecular weight excluding hydrogens is 462 g/mol. The van der Waals surface area contributed by atoms with Gasteiger partial charge in [0.1, 0.15) is 18.5 Å². The molecule has 0 aliphatic heterocycles. The average molecular weight is 486 g/mol. The first-order chi connectivity index (χ1) is 17.0. The lowest BCUT2D eigenvalue weighted by Gasteiger charge is -2.17. The molecule has 0 bridgehead atoms. The second kappa shape index (κ2) is 11.5. The van der Waals surface area contributed by atoms with Gasteiger partial charge in [-0.2, -0.15) is 0 Å². The van der Waals surface area contributed by atoms with Gasteiger partial charge in [0, 0.05) is 33.9 Å². The Balaban J connectivity index is 1.41. The van der Waals surface area contributed by atoms with E-state index in [-0.39, 0.29) is 24.7 Å². The molecule has 0 aliphatic carbocycles. The van der Waals surface area contributed by atoms with E-state index in [4.69, 9.17) is 16.3 Å². The van der Waals surface area contributed by atoms with Crippen molar-refractivity contribution in [1.82, 2.24) is 0 Å². The van der Waals surface area contributed by atoms with Crippen LogP contribution in [-0.4, -0.2) is 35.9 Å². The third-order valence-corrected chi connectivity index (χ3v) is 5.62. The number of aliphatic hydroxyl groups is 1. The molecule has 0 saturated carbocycles. The van der Waals surface area contributed by atoms with Gasteiger partial charge in [0.15, 0.2) is 11.6 Å². The fourth-order valence-corrected chi connectivity index (χ4v) is 3.78. The Labute approximate surface area is 209 Å². The maximum Gasteiger partial charge on any atom is 0.196 e. The fourth-order valence-electron chi connectivity index (χ4n) is 3.60.